The number of thiazole rings is 1. The Labute approximate surface area is 159 Å². The normalized spacial score (nSPS) is 15.0. The van der Waals surface area contributed by atoms with Crippen LogP contribution in [0.25, 0.3) is 10.2 Å². The van der Waals surface area contributed by atoms with E-state index in [1.54, 1.807) is 13.2 Å². The maximum absolute atomic E-state index is 12.4. The van der Waals surface area contributed by atoms with Crippen LogP contribution in [0.1, 0.15) is 34.7 Å². The number of hydrogen-bond donors (Lipinski definition) is 3. The number of fused-ring (bicyclic) bond motifs is 1. The molecule has 4 rings (SSSR count). The molecule has 3 aromatic rings. The molecule has 7 nitrogen and oxygen atoms in total. The van der Waals surface area contributed by atoms with Crippen LogP contribution in [0.2, 0.25) is 0 Å². The Bertz CT molecular complexity index is 1040. The molecule has 1 aliphatic rings. The molecule has 8 heteroatoms. The highest BCUT2D eigenvalue weighted by Gasteiger charge is 2.22. The fourth-order valence-corrected chi connectivity index (χ4v) is 4.50. The van der Waals surface area contributed by atoms with Crippen molar-refractivity contribution in [3.63, 3.8) is 0 Å². The summed E-state index contributed by atoms with van der Waals surface area (Å²) in [6, 6.07) is 6.88. The molecule has 1 amide bonds. The average molecular weight is 384 g/mol. The Balaban J connectivity index is 1.69. The highest BCUT2D eigenvalue weighted by atomic mass is 32.1. The summed E-state index contributed by atoms with van der Waals surface area (Å²) in [7, 11) is 1.62. The smallest absolute Gasteiger partial charge is 0.257 e. The number of anilines is 1. The highest BCUT2D eigenvalue weighted by molar-refractivity contribution is 7.22. The van der Waals surface area contributed by atoms with E-state index < -0.39 is 0 Å². The number of benzene rings is 1. The molecule has 0 atom stereocenters. The van der Waals surface area contributed by atoms with E-state index in [9.17, 15) is 9.59 Å². The Morgan fingerprint density at radius 3 is 2.85 bits per heavy atom. The van der Waals surface area contributed by atoms with Crippen molar-refractivity contribution < 1.29 is 9.53 Å². The van der Waals surface area contributed by atoms with Gasteiger partial charge in [0, 0.05) is 17.8 Å². The third-order valence-corrected chi connectivity index (χ3v) is 5.81. The molecule has 0 saturated carbocycles. The zero-order valence-corrected chi connectivity index (χ0v) is 15.7. The van der Waals surface area contributed by atoms with E-state index in [4.69, 9.17) is 4.74 Å². The molecular formula is C19H20N4O3S. The molecule has 0 spiro atoms. The summed E-state index contributed by atoms with van der Waals surface area (Å²) in [5.41, 5.74) is 1.99. The van der Waals surface area contributed by atoms with Crippen LogP contribution in [-0.2, 0) is 0 Å². The van der Waals surface area contributed by atoms with Crippen LogP contribution in [0.15, 0.2) is 35.3 Å². The number of amides is 1. The summed E-state index contributed by atoms with van der Waals surface area (Å²) in [5.74, 6) is 0.800. The maximum atomic E-state index is 12.4. The number of carbonyl (C=O) groups excluding carboxylic acids is 1. The molecule has 1 aliphatic heterocycles. The van der Waals surface area contributed by atoms with Crippen molar-refractivity contribution in [1.29, 1.82) is 0 Å². The van der Waals surface area contributed by atoms with E-state index >= 15 is 0 Å². The van der Waals surface area contributed by atoms with Crippen molar-refractivity contribution in [1.82, 2.24) is 15.3 Å². The molecule has 3 heterocycles. The largest absolute Gasteiger partial charge is 0.494 e. The number of pyridine rings is 1. The quantitative estimate of drug-likeness (QED) is 0.643. The van der Waals surface area contributed by atoms with Crippen molar-refractivity contribution in [3.05, 3.63) is 51.9 Å². The van der Waals surface area contributed by atoms with Gasteiger partial charge in [-0.1, -0.05) is 17.4 Å². The fourth-order valence-electron chi connectivity index (χ4n) is 3.43. The zero-order valence-electron chi connectivity index (χ0n) is 14.9. The van der Waals surface area contributed by atoms with Gasteiger partial charge in [-0.05, 0) is 49.5 Å². The Kier molecular flexibility index (Phi) is 4.91. The van der Waals surface area contributed by atoms with E-state index in [2.05, 4.69) is 26.7 Å². The number of rotatable bonds is 4. The number of aromatic nitrogens is 2. The van der Waals surface area contributed by atoms with Crippen molar-refractivity contribution in [2.24, 2.45) is 0 Å². The first-order chi connectivity index (χ1) is 13.2. The van der Waals surface area contributed by atoms with Crippen LogP contribution in [0.3, 0.4) is 0 Å². The zero-order chi connectivity index (χ0) is 18.8. The Hall–Kier alpha value is -2.71. The minimum atomic E-state index is -0.359. The fraction of sp³-hybridized carbons (Fsp3) is 0.316. The lowest BCUT2D eigenvalue weighted by molar-refractivity contribution is 0.102. The number of methoxy groups -OCH3 is 1. The predicted octanol–water partition coefficient (Wildman–Crippen LogP) is 2.71. The first-order valence-electron chi connectivity index (χ1n) is 8.84. The van der Waals surface area contributed by atoms with Crippen LogP contribution in [-0.4, -0.2) is 36.1 Å². The number of ether oxygens (including phenoxy) is 1. The second-order valence-corrected chi connectivity index (χ2v) is 7.47. The third kappa shape index (κ3) is 3.58. The van der Waals surface area contributed by atoms with E-state index in [-0.39, 0.29) is 11.5 Å². The number of aromatic amines is 1. The monoisotopic (exact) mass is 384 g/mol. The molecule has 0 bridgehead atoms. The standard InChI is InChI=1S/C19H20N4O3S/c1-26-14-3-2-13(11-4-7-20-8-5-11)17-16(14)22-19(27-17)23-18(25)12-6-9-21-15(24)10-12/h2-3,6,9-11,20H,4-5,7-8H2,1H3,(H,21,24)(H,22,23,25). The van der Waals surface area contributed by atoms with E-state index in [1.807, 2.05) is 6.07 Å². The van der Waals surface area contributed by atoms with Gasteiger partial charge in [-0.25, -0.2) is 4.98 Å². The van der Waals surface area contributed by atoms with Gasteiger partial charge in [0.2, 0.25) is 5.56 Å². The number of nitrogens with one attached hydrogen (secondary N) is 3. The summed E-state index contributed by atoms with van der Waals surface area (Å²) in [5, 5.41) is 6.69. The third-order valence-electron chi connectivity index (χ3n) is 4.79. The Morgan fingerprint density at radius 2 is 2.11 bits per heavy atom. The van der Waals surface area contributed by atoms with Crippen molar-refractivity contribution in [3.8, 4) is 5.75 Å². The van der Waals surface area contributed by atoms with Crippen LogP contribution in [0.4, 0.5) is 5.13 Å². The molecule has 2 aromatic heterocycles. The minimum absolute atomic E-state index is 0.295. The van der Waals surface area contributed by atoms with Crippen molar-refractivity contribution in [2.75, 3.05) is 25.5 Å². The van der Waals surface area contributed by atoms with Gasteiger partial charge in [-0.2, -0.15) is 0 Å². The van der Waals surface area contributed by atoms with Gasteiger partial charge in [0.1, 0.15) is 11.3 Å². The number of carbonyl (C=O) groups is 1. The topological polar surface area (TPSA) is 96.1 Å². The molecule has 1 saturated heterocycles. The van der Waals surface area contributed by atoms with E-state index in [0.29, 0.717) is 22.4 Å². The SMILES string of the molecule is COc1ccc(C2CCNCC2)c2sc(NC(=O)c3cc[nH]c(=O)c3)nc12. The summed E-state index contributed by atoms with van der Waals surface area (Å²) < 4.78 is 6.51. The summed E-state index contributed by atoms with van der Waals surface area (Å²) in [4.78, 5) is 31.0. The van der Waals surface area contributed by atoms with Crippen LogP contribution >= 0.6 is 11.3 Å². The van der Waals surface area contributed by atoms with Gasteiger partial charge in [0.15, 0.2) is 5.13 Å². The number of nitrogens with zero attached hydrogens (tertiary/aromatic N) is 1. The van der Waals surface area contributed by atoms with Gasteiger partial charge in [-0.3, -0.25) is 14.9 Å². The van der Waals surface area contributed by atoms with Crippen LogP contribution in [0.5, 0.6) is 5.75 Å². The van der Waals surface area contributed by atoms with E-state index in [0.717, 1.165) is 36.1 Å². The predicted molar refractivity (Wildman–Crippen MR) is 106 cm³/mol. The second kappa shape index (κ2) is 7.50. The molecule has 27 heavy (non-hydrogen) atoms. The van der Waals surface area contributed by atoms with Gasteiger partial charge in [0.25, 0.3) is 5.91 Å². The van der Waals surface area contributed by atoms with Crippen LogP contribution < -0.4 is 20.9 Å². The van der Waals surface area contributed by atoms with Gasteiger partial charge in [0.05, 0.1) is 11.8 Å². The summed E-state index contributed by atoms with van der Waals surface area (Å²) in [6.45, 7) is 2.01. The molecular weight excluding hydrogens is 364 g/mol. The molecule has 0 unspecified atom stereocenters. The first kappa shape index (κ1) is 17.7. The molecule has 140 valence electrons. The molecule has 0 radical (unpaired) electrons. The molecule has 1 fully saturated rings. The highest BCUT2D eigenvalue weighted by Crippen LogP contribution is 2.40. The average Bonchev–Trinajstić information content (AvgIpc) is 3.11. The number of H-pyrrole nitrogens is 1. The second-order valence-electron chi connectivity index (χ2n) is 6.47. The lowest BCUT2D eigenvalue weighted by atomic mass is 9.90. The van der Waals surface area contributed by atoms with Crippen LogP contribution in [0, 0.1) is 0 Å². The maximum Gasteiger partial charge on any atom is 0.257 e. The van der Waals surface area contributed by atoms with Crippen molar-refractivity contribution >= 4 is 32.6 Å². The number of piperidine rings is 1. The van der Waals surface area contributed by atoms with Crippen molar-refractivity contribution in [2.45, 2.75) is 18.8 Å². The first-order valence-corrected chi connectivity index (χ1v) is 9.65. The van der Waals surface area contributed by atoms with Gasteiger partial charge < -0.3 is 15.0 Å². The van der Waals surface area contributed by atoms with Gasteiger partial charge in [-0.15, -0.1) is 0 Å². The molecule has 1 aromatic carbocycles. The number of hydrogen-bond acceptors (Lipinski definition) is 6. The lowest BCUT2D eigenvalue weighted by Gasteiger charge is -2.23. The summed E-state index contributed by atoms with van der Waals surface area (Å²) >= 11 is 1.44. The minimum Gasteiger partial charge on any atom is -0.494 e. The summed E-state index contributed by atoms with van der Waals surface area (Å²) in [6.07, 6.45) is 3.61. The Morgan fingerprint density at radius 1 is 1.30 bits per heavy atom. The molecule has 3 N–H and O–H groups in total. The van der Waals surface area contributed by atoms with E-state index in [1.165, 1.54) is 29.2 Å². The van der Waals surface area contributed by atoms with Gasteiger partial charge >= 0.3 is 0 Å². The lowest BCUT2D eigenvalue weighted by Crippen LogP contribution is -2.26. The molecule has 0 aliphatic carbocycles.